The molecule has 2 aromatic carbocycles. The fourth-order valence-corrected chi connectivity index (χ4v) is 9.84. The number of aromatic hydroxyl groups is 1. The Bertz CT molecular complexity index is 1470. The second-order valence-electron chi connectivity index (χ2n) is 16.9. The second kappa shape index (κ2) is 16.6. The van der Waals surface area contributed by atoms with Crippen molar-refractivity contribution >= 4 is 29.1 Å². The van der Waals surface area contributed by atoms with E-state index in [-0.39, 0.29) is 30.3 Å². The van der Waals surface area contributed by atoms with Gasteiger partial charge >= 0.3 is 0 Å². The van der Waals surface area contributed by atoms with E-state index in [0.29, 0.717) is 64.3 Å². The summed E-state index contributed by atoms with van der Waals surface area (Å²) in [5.41, 5.74) is 2.95. The van der Waals surface area contributed by atoms with Gasteiger partial charge in [0.05, 0.1) is 24.3 Å². The van der Waals surface area contributed by atoms with Crippen LogP contribution in [0.2, 0.25) is 10.0 Å². The highest BCUT2D eigenvalue weighted by molar-refractivity contribution is 6.35. The molecular weight excluding hydrogens is 687 g/mol. The summed E-state index contributed by atoms with van der Waals surface area (Å²) in [4.78, 5) is 25.0. The van der Waals surface area contributed by atoms with E-state index in [1.165, 1.54) is 12.5 Å². The summed E-state index contributed by atoms with van der Waals surface area (Å²) in [6, 6.07) is 10.9. The minimum Gasteiger partial charge on any atom is -0.508 e. The predicted molar refractivity (Wildman–Crippen MR) is 203 cm³/mol. The molecule has 1 heterocycles. The molecule has 0 unspecified atom stereocenters. The number of hydroxylamine groups is 2. The number of aliphatic hydroxyl groups is 2. The van der Waals surface area contributed by atoms with E-state index in [1.807, 2.05) is 12.1 Å². The molecule has 3 saturated carbocycles. The topological polar surface area (TPSA) is 109 Å². The fourth-order valence-electron chi connectivity index (χ4n) is 9.29. The van der Waals surface area contributed by atoms with Gasteiger partial charge in [-0.15, -0.1) is 0 Å². The van der Waals surface area contributed by atoms with Gasteiger partial charge in [-0.2, -0.15) is 5.06 Å². The minimum atomic E-state index is -0.857. The Kier molecular flexibility index (Phi) is 13.1. The number of phenols is 1. The summed E-state index contributed by atoms with van der Waals surface area (Å²) in [5.74, 6) is 1.31. The lowest BCUT2D eigenvalue weighted by Gasteiger charge is -2.62. The summed E-state index contributed by atoms with van der Waals surface area (Å²) in [5, 5.41) is 37.9. The normalized spacial score (nSPS) is 28.6. The molecule has 3 aliphatic carbocycles. The van der Waals surface area contributed by atoms with Crippen LogP contribution >= 0.6 is 23.2 Å². The van der Waals surface area contributed by atoms with Crippen LogP contribution in [0.5, 0.6) is 5.75 Å². The maximum atomic E-state index is 14.2. The van der Waals surface area contributed by atoms with Crippen molar-refractivity contribution in [3.8, 4) is 5.75 Å². The van der Waals surface area contributed by atoms with Gasteiger partial charge in [0.1, 0.15) is 17.9 Å². The number of aliphatic hydroxyl groups excluding tert-OH is 2. The molecule has 0 radical (unpaired) electrons. The first-order chi connectivity index (χ1) is 24.0. The number of rotatable bonds is 15. The molecule has 1 aliphatic heterocycles. The number of phenolic OH excluding ortho intramolecular Hbond substituents is 1. The summed E-state index contributed by atoms with van der Waals surface area (Å²) in [6.07, 6.45) is 1.57. The van der Waals surface area contributed by atoms with Gasteiger partial charge in [0.25, 0.3) is 0 Å². The van der Waals surface area contributed by atoms with E-state index in [0.717, 1.165) is 30.5 Å². The van der Waals surface area contributed by atoms with Gasteiger partial charge in [-0.3, -0.25) is 14.5 Å². The molecule has 2 aromatic rings. The van der Waals surface area contributed by atoms with Crippen LogP contribution in [-0.4, -0.2) is 93.7 Å². The van der Waals surface area contributed by atoms with Crippen molar-refractivity contribution in [2.24, 2.45) is 35.0 Å². The number of nitrogens with one attached hydrogen (secondary N) is 1. The highest BCUT2D eigenvalue weighted by Crippen LogP contribution is 2.61. The molecule has 9 nitrogen and oxygen atoms in total. The Hall–Kier alpha value is -1.95. The summed E-state index contributed by atoms with van der Waals surface area (Å²) in [7, 11) is 4.14. The maximum Gasteiger partial charge on any atom is 0.240 e. The molecule has 51 heavy (non-hydrogen) atoms. The predicted octanol–water partition coefficient (Wildman–Crippen LogP) is 6.34. The molecule has 11 heteroatoms. The number of halogens is 2. The quantitative estimate of drug-likeness (QED) is 0.167. The van der Waals surface area contributed by atoms with Crippen LogP contribution in [0.4, 0.5) is 0 Å². The SMILES string of the molecule is CC(C)C[C@@H](CN(C)C)N(Cc1cccc(CN2O[C@@H](CO)[C@@H]([C@H](C)O)[C@H]2C(=O)N[C@H]2C[C@H]3C[C@H]([C@H]2C)C3(C)C)c1)Cc1c(O)cc(Cl)cc1Cl. The van der Waals surface area contributed by atoms with Crippen LogP contribution in [0.15, 0.2) is 36.4 Å². The number of hydrogen-bond acceptors (Lipinski definition) is 8. The van der Waals surface area contributed by atoms with Crippen LogP contribution in [0.1, 0.15) is 77.5 Å². The van der Waals surface area contributed by atoms with E-state index >= 15 is 0 Å². The van der Waals surface area contributed by atoms with Crippen LogP contribution in [-0.2, 0) is 29.3 Å². The molecule has 2 bridgehead atoms. The molecule has 4 aliphatic rings. The van der Waals surface area contributed by atoms with Crippen LogP contribution < -0.4 is 5.32 Å². The zero-order chi connectivity index (χ0) is 37.4. The van der Waals surface area contributed by atoms with Gasteiger partial charge in [0, 0.05) is 48.2 Å². The number of likely N-dealkylation sites (N-methyl/N-ethyl adjacent to an activating group) is 1. The van der Waals surface area contributed by atoms with Crippen LogP contribution in [0.3, 0.4) is 0 Å². The summed E-state index contributed by atoms with van der Waals surface area (Å²) in [6.45, 7) is 14.9. The third-order valence-electron chi connectivity index (χ3n) is 12.1. The molecule has 6 rings (SSSR count). The molecule has 1 amide bonds. The number of nitrogens with zero attached hydrogens (tertiary/aromatic N) is 3. The molecule has 9 atom stereocenters. The lowest BCUT2D eigenvalue weighted by molar-refractivity contribution is -0.183. The van der Waals surface area contributed by atoms with Gasteiger partial charge in [0.15, 0.2) is 0 Å². The summed E-state index contributed by atoms with van der Waals surface area (Å²) < 4.78 is 0. The highest BCUT2D eigenvalue weighted by Gasteiger charge is 2.57. The van der Waals surface area contributed by atoms with Gasteiger partial charge in [-0.25, -0.2) is 0 Å². The van der Waals surface area contributed by atoms with Crippen molar-refractivity contribution in [3.63, 3.8) is 0 Å². The third-order valence-corrected chi connectivity index (χ3v) is 12.7. The Labute approximate surface area is 315 Å². The first-order valence-electron chi connectivity index (χ1n) is 18.7. The van der Waals surface area contributed by atoms with Crippen molar-refractivity contribution in [1.82, 2.24) is 20.2 Å². The van der Waals surface area contributed by atoms with Crippen LogP contribution in [0.25, 0.3) is 0 Å². The minimum absolute atomic E-state index is 0.0720. The van der Waals surface area contributed by atoms with Gasteiger partial charge in [-0.05, 0) is 92.6 Å². The van der Waals surface area contributed by atoms with Crippen LogP contribution in [0, 0.1) is 35.0 Å². The molecule has 4 N–H and O–H groups in total. The van der Waals surface area contributed by atoms with Crippen molar-refractivity contribution in [2.75, 3.05) is 27.2 Å². The van der Waals surface area contributed by atoms with E-state index in [4.69, 9.17) is 28.0 Å². The Morgan fingerprint density at radius 3 is 2.39 bits per heavy atom. The first-order valence-corrected chi connectivity index (χ1v) is 19.4. The molecule has 0 aromatic heterocycles. The first kappa shape index (κ1) is 40.2. The number of amides is 1. The number of fused-ring (bicyclic) bond motifs is 2. The Balaban J connectivity index is 1.38. The van der Waals surface area contributed by atoms with Crippen molar-refractivity contribution in [3.05, 3.63) is 63.1 Å². The number of carbonyl (C=O) groups excluding carboxylic acids is 1. The number of carbonyl (C=O) groups is 1. The monoisotopic (exact) mass is 746 g/mol. The average Bonchev–Trinajstić information content (AvgIpc) is 3.40. The fraction of sp³-hybridized carbons (Fsp3) is 0.675. The Morgan fingerprint density at radius 2 is 1.80 bits per heavy atom. The smallest absolute Gasteiger partial charge is 0.240 e. The van der Waals surface area contributed by atoms with Gasteiger partial charge < -0.3 is 25.5 Å². The zero-order valence-electron chi connectivity index (χ0n) is 31.7. The molecule has 4 fully saturated rings. The van der Waals surface area contributed by atoms with Crippen molar-refractivity contribution in [1.29, 1.82) is 0 Å². The maximum absolute atomic E-state index is 14.2. The van der Waals surface area contributed by atoms with E-state index in [9.17, 15) is 20.1 Å². The van der Waals surface area contributed by atoms with Gasteiger partial charge in [0.2, 0.25) is 5.91 Å². The average molecular weight is 748 g/mol. The van der Waals surface area contributed by atoms with E-state index in [1.54, 1.807) is 18.1 Å². The lowest BCUT2D eigenvalue weighted by Crippen LogP contribution is -2.62. The molecule has 284 valence electrons. The molecule has 0 spiro atoms. The lowest BCUT2D eigenvalue weighted by atomic mass is 9.45. The number of hydrogen-bond donors (Lipinski definition) is 4. The Morgan fingerprint density at radius 1 is 1.10 bits per heavy atom. The third kappa shape index (κ3) is 9.06. The zero-order valence-corrected chi connectivity index (χ0v) is 33.2. The molecule has 1 saturated heterocycles. The van der Waals surface area contributed by atoms with Gasteiger partial charge in [-0.1, -0.05) is 82.1 Å². The van der Waals surface area contributed by atoms with Crippen molar-refractivity contribution in [2.45, 2.75) is 111 Å². The van der Waals surface area contributed by atoms with E-state index in [2.05, 4.69) is 76.0 Å². The second-order valence-corrected chi connectivity index (χ2v) is 17.7. The number of benzene rings is 2. The standard InChI is InChI=1S/C40H60Cl2N4O5/c1-23(2)12-30(20-44(7)8)45(21-31-33(42)16-29(41)17-35(31)49)18-26-10-9-11-27(13-26)19-46-38(37(25(4)48)36(22-47)51-46)39(50)43-34-15-28-14-32(24(34)3)40(28,5)6/h9-11,13,16-17,23-25,28,30,32,34,36-38,47-49H,12,14-15,18-22H2,1-8H3,(H,43,50)/t24-,25+,28-,30+,32-,34+,36+,37-,38+/m1/s1. The largest absolute Gasteiger partial charge is 0.508 e. The molecular formula is C40H60Cl2N4O5. The van der Waals surface area contributed by atoms with Crippen molar-refractivity contribution < 1.29 is 25.0 Å². The van der Waals surface area contributed by atoms with E-state index < -0.39 is 24.2 Å². The highest BCUT2D eigenvalue weighted by atomic mass is 35.5. The summed E-state index contributed by atoms with van der Waals surface area (Å²) >= 11 is 12.8.